The molecule has 78 valence electrons. The molecular formula is C13H26. The molecule has 0 heterocycles. The van der Waals surface area contributed by atoms with Crippen molar-refractivity contribution < 1.29 is 0 Å². The second-order valence-electron chi connectivity index (χ2n) is 4.76. The lowest BCUT2D eigenvalue weighted by molar-refractivity contribution is 0.0508. The van der Waals surface area contributed by atoms with Crippen molar-refractivity contribution in [3.8, 4) is 0 Å². The average molecular weight is 182 g/mol. The van der Waals surface area contributed by atoms with Crippen LogP contribution in [0.5, 0.6) is 0 Å². The summed E-state index contributed by atoms with van der Waals surface area (Å²) in [4.78, 5) is 0. The first-order chi connectivity index (χ1) is 6.33. The zero-order valence-corrected chi connectivity index (χ0v) is 9.68. The van der Waals surface area contributed by atoms with E-state index in [4.69, 9.17) is 0 Å². The van der Waals surface area contributed by atoms with Gasteiger partial charge in [0.15, 0.2) is 0 Å². The van der Waals surface area contributed by atoms with E-state index in [0.29, 0.717) is 0 Å². The second-order valence-corrected chi connectivity index (χ2v) is 4.76. The Morgan fingerprint density at radius 2 is 1.69 bits per heavy atom. The normalized spacial score (nSPS) is 33.0. The highest BCUT2D eigenvalue weighted by atomic mass is 14.4. The first-order valence-corrected chi connectivity index (χ1v) is 6.33. The van der Waals surface area contributed by atoms with Crippen molar-refractivity contribution in [2.24, 2.45) is 17.8 Å². The van der Waals surface area contributed by atoms with E-state index in [1.807, 2.05) is 0 Å². The van der Waals surface area contributed by atoms with Crippen molar-refractivity contribution in [3.63, 3.8) is 0 Å². The summed E-state index contributed by atoms with van der Waals surface area (Å²) >= 11 is 0. The molecule has 0 aliphatic heterocycles. The van der Waals surface area contributed by atoms with Gasteiger partial charge in [-0.1, -0.05) is 59.3 Å². The molecule has 1 saturated carbocycles. The number of hydrogen-bond acceptors (Lipinski definition) is 0. The van der Waals surface area contributed by atoms with Gasteiger partial charge in [0, 0.05) is 0 Å². The molecule has 0 aromatic carbocycles. The number of rotatable bonds is 6. The fraction of sp³-hybridized carbons (Fsp3) is 1.00. The highest BCUT2D eigenvalue weighted by molar-refractivity contribution is 4.87. The van der Waals surface area contributed by atoms with E-state index in [2.05, 4.69) is 20.8 Å². The summed E-state index contributed by atoms with van der Waals surface area (Å²) in [5, 5.41) is 0. The molecule has 1 fully saturated rings. The topological polar surface area (TPSA) is 0 Å². The molecule has 0 heteroatoms. The quantitative estimate of drug-likeness (QED) is 0.561. The molecule has 0 aromatic rings. The van der Waals surface area contributed by atoms with E-state index >= 15 is 0 Å². The lowest BCUT2D eigenvalue weighted by Crippen LogP contribution is -2.36. The Labute approximate surface area is 84.1 Å². The minimum Gasteiger partial charge on any atom is -0.0654 e. The summed E-state index contributed by atoms with van der Waals surface area (Å²) < 4.78 is 0. The smallest absolute Gasteiger partial charge is 0.0357 e. The maximum atomic E-state index is 2.36. The Morgan fingerprint density at radius 3 is 2.23 bits per heavy atom. The van der Waals surface area contributed by atoms with Crippen molar-refractivity contribution in [2.75, 3.05) is 0 Å². The maximum absolute atomic E-state index is 2.36. The van der Waals surface area contributed by atoms with Gasteiger partial charge in [-0.15, -0.1) is 0 Å². The van der Waals surface area contributed by atoms with Crippen LogP contribution >= 0.6 is 0 Å². The van der Waals surface area contributed by atoms with E-state index in [0.717, 1.165) is 17.8 Å². The Morgan fingerprint density at radius 1 is 0.923 bits per heavy atom. The van der Waals surface area contributed by atoms with E-state index in [-0.39, 0.29) is 0 Å². The summed E-state index contributed by atoms with van der Waals surface area (Å²) in [6, 6.07) is 0. The van der Waals surface area contributed by atoms with Crippen LogP contribution in [0.15, 0.2) is 0 Å². The summed E-state index contributed by atoms with van der Waals surface area (Å²) in [5.41, 5.74) is 0. The average Bonchev–Trinajstić information content (AvgIpc) is 2.13. The SMILES string of the molecule is CCCCC1CC(CC)C1CCC. The van der Waals surface area contributed by atoms with E-state index < -0.39 is 0 Å². The molecule has 0 bridgehead atoms. The van der Waals surface area contributed by atoms with Crippen LogP contribution in [0.4, 0.5) is 0 Å². The van der Waals surface area contributed by atoms with Crippen molar-refractivity contribution in [3.05, 3.63) is 0 Å². The maximum Gasteiger partial charge on any atom is -0.0357 e. The molecule has 1 rings (SSSR count). The van der Waals surface area contributed by atoms with Gasteiger partial charge in [-0.05, 0) is 24.2 Å². The third kappa shape index (κ3) is 2.72. The van der Waals surface area contributed by atoms with Gasteiger partial charge in [-0.2, -0.15) is 0 Å². The molecule has 0 saturated heterocycles. The number of unbranched alkanes of at least 4 members (excludes halogenated alkanes) is 1. The molecule has 0 radical (unpaired) electrons. The molecule has 1 aliphatic rings. The first-order valence-electron chi connectivity index (χ1n) is 6.33. The zero-order valence-electron chi connectivity index (χ0n) is 9.68. The fourth-order valence-corrected chi connectivity index (χ4v) is 3.00. The molecular weight excluding hydrogens is 156 g/mol. The molecule has 1 aliphatic carbocycles. The molecule has 3 atom stereocenters. The summed E-state index contributed by atoms with van der Waals surface area (Å²) in [6.45, 7) is 7.01. The molecule has 3 unspecified atom stereocenters. The summed E-state index contributed by atoms with van der Waals surface area (Å²) in [6.07, 6.45) is 10.2. The van der Waals surface area contributed by atoms with Crippen LogP contribution in [-0.4, -0.2) is 0 Å². The van der Waals surface area contributed by atoms with Crippen molar-refractivity contribution in [1.82, 2.24) is 0 Å². The van der Waals surface area contributed by atoms with Gasteiger partial charge in [-0.25, -0.2) is 0 Å². The molecule has 0 nitrogen and oxygen atoms in total. The van der Waals surface area contributed by atoms with Crippen molar-refractivity contribution >= 4 is 0 Å². The lowest BCUT2D eigenvalue weighted by Gasteiger charge is -2.45. The van der Waals surface area contributed by atoms with Crippen LogP contribution in [0.25, 0.3) is 0 Å². The zero-order chi connectivity index (χ0) is 9.68. The van der Waals surface area contributed by atoms with Gasteiger partial charge < -0.3 is 0 Å². The molecule has 0 spiro atoms. The van der Waals surface area contributed by atoms with Gasteiger partial charge in [0.25, 0.3) is 0 Å². The summed E-state index contributed by atoms with van der Waals surface area (Å²) in [7, 11) is 0. The van der Waals surface area contributed by atoms with E-state index in [1.54, 1.807) is 6.42 Å². The van der Waals surface area contributed by atoms with Gasteiger partial charge in [0.2, 0.25) is 0 Å². The fourth-order valence-electron chi connectivity index (χ4n) is 3.00. The second kappa shape index (κ2) is 5.67. The molecule has 13 heavy (non-hydrogen) atoms. The van der Waals surface area contributed by atoms with Crippen LogP contribution in [0, 0.1) is 17.8 Å². The van der Waals surface area contributed by atoms with Crippen LogP contribution in [-0.2, 0) is 0 Å². The lowest BCUT2D eigenvalue weighted by atomic mass is 9.60. The predicted molar refractivity (Wildman–Crippen MR) is 59.8 cm³/mol. The Balaban J connectivity index is 2.24. The van der Waals surface area contributed by atoms with Gasteiger partial charge in [0.05, 0.1) is 0 Å². The van der Waals surface area contributed by atoms with E-state index in [1.165, 1.54) is 38.5 Å². The van der Waals surface area contributed by atoms with Gasteiger partial charge >= 0.3 is 0 Å². The van der Waals surface area contributed by atoms with Crippen LogP contribution in [0.2, 0.25) is 0 Å². The minimum atomic E-state index is 1.09. The van der Waals surface area contributed by atoms with Crippen molar-refractivity contribution in [2.45, 2.75) is 65.7 Å². The molecule has 0 amide bonds. The van der Waals surface area contributed by atoms with Crippen LogP contribution in [0.1, 0.15) is 65.7 Å². The summed E-state index contributed by atoms with van der Waals surface area (Å²) in [5.74, 6) is 3.29. The third-order valence-corrected chi connectivity index (χ3v) is 3.89. The Hall–Kier alpha value is 0. The largest absolute Gasteiger partial charge is 0.0654 e. The van der Waals surface area contributed by atoms with Gasteiger partial charge in [-0.3, -0.25) is 0 Å². The third-order valence-electron chi connectivity index (χ3n) is 3.89. The Kier molecular flexibility index (Phi) is 4.83. The van der Waals surface area contributed by atoms with Gasteiger partial charge in [0.1, 0.15) is 0 Å². The van der Waals surface area contributed by atoms with Crippen LogP contribution < -0.4 is 0 Å². The molecule has 0 N–H and O–H groups in total. The van der Waals surface area contributed by atoms with E-state index in [9.17, 15) is 0 Å². The monoisotopic (exact) mass is 182 g/mol. The highest BCUT2D eigenvalue weighted by Crippen LogP contribution is 2.47. The number of hydrogen-bond donors (Lipinski definition) is 0. The first kappa shape index (κ1) is 11.1. The standard InChI is InChI=1S/C13H26/c1-4-7-9-12-10-11(6-3)13(12)8-5-2/h11-13H,4-10H2,1-3H3. The minimum absolute atomic E-state index is 1.09. The highest BCUT2D eigenvalue weighted by Gasteiger charge is 2.37. The van der Waals surface area contributed by atoms with Crippen molar-refractivity contribution in [1.29, 1.82) is 0 Å². The predicted octanol–water partition coefficient (Wildman–Crippen LogP) is 4.64. The Bertz CT molecular complexity index is 126. The molecule has 0 aromatic heterocycles. The van der Waals surface area contributed by atoms with Crippen LogP contribution in [0.3, 0.4) is 0 Å².